The molecular formula is C42H50N10O5. The number of H-pyrrole nitrogens is 1. The van der Waals surface area contributed by atoms with Crippen molar-refractivity contribution in [2.24, 2.45) is 0 Å². The third-order valence-corrected chi connectivity index (χ3v) is 12.2. The Balaban J connectivity index is 0.709. The van der Waals surface area contributed by atoms with Gasteiger partial charge in [-0.2, -0.15) is 5.10 Å². The maximum Gasteiger partial charge on any atom is 0.262 e. The van der Waals surface area contributed by atoms with Crippen LogP contribution >= 0.6 is 0 Å². The molecular weight excluding hydrogens is 725 g/mol. The zero-order valence-electron chi connectivity index (χ0n) is 32.7. The van der Waals surface area contributed by atoms with Crippen molar-refractivity contribution >= 4 is 40.1 Å². The van der Waals surface area contributed by atoms with Crippen LogP contribution in [0, 0.1) is 0 Å². The van der Waals surface area contributed by atoms with E-state index in [1.807, 2.05) is 30.3 Å². The Labute approximate surface area is 332 Å². The fourth-order valence-electron chi connectivity index (χ4n) is 8.44. The fraction of sp³-hybridized carbons (Fsp3) is 0.476. The number of amides is 3. The lowest BCUT2D eigenvalue weighted by Crippen LogP contribution is -2.53. The normalized spacial score (nSPS) is 22.7. The molecule has 4 fully saturated rings. The Bertz CT molecular complexity index is 2210. The van der Waals surface area contributed by atoms with Crippen molar-refractivity contribution in [2.45, 2.75) is 57.2 Å². The minimum absolute atomic E-state index is 0.0516. The maximum atomic E-state index is 13.3. The molecule has 298 valence electrons. The number of hydrogen-bond acceptors (Lipinski definition) is 12. The first-order chi connectivity index (χ1) is 27.6. The van der Waals surface area contributed by atoms with E-state index < -0.39 is 17.9 Å². The van der Waals surface area contributed by atoms with Crippen LogP contribution in [0.3, 0.4) is 0 Å². The summed E-state index contributed by atoms with van der Waals surface area (Å²) in [6.07, 6.45) is 4.72. The smallest absolute Gasteiger partial charge is 0.262 e. The van der Waals surface area contributed by atoms with Crippen LogP contribution in [0.25, 0.3) is 22.3 Å². The molecule has 2 atom stereocenters. The number of hydrogen-bond donors (Lipinski definition) is 2. The third-order valence-electron chi connectivity index (χ3n) is 12.2. The highest BCUT2D eigenvalue weighted by molar-refractivity contribution is 6.23. The van der Waals surface area contributed by atoms with E-state index >= 15 is 0 Å². The molecule has 3 saturated heterocycles. The summed E-state index contributed by atoms with van der Waals surface area (Å²) >= 11 is 0. The van der Waals surface area contributed by atoms with E-state index in [0.717, 1.165) is 116 Å². The number of piperidine rings is 1. The second kappa shape index (κ2) is 15.2. The first-order valence-corrected chi connectivity index (χ1v) is 20.2. The summed E-state index contributed by atoms with van der Waals surface area (Å²) in [4.78, 5) is 58.9. The Morgan fingerprint density at radius 3 is 2.47 bits per heavy atom. The van der Waals surface area contributed by atoms with Gasteiger partial charge in [0.1, 0.15) is 35.2 Å². The van der Waals surface area contributed by atoms with Gasteiger partial charge in [-0.3, -0.25) is 34.2 Å². The van der Waals surface area contributed by atoms with Gasteiger partial charge in [0.25, 0.3) is 11.8 Å². The van der Waals surface area contributed by atoms with Gasteiger partial charge in [-0.15, -0.1) is 0 Å². The van der Waals surface area contributed by atoms with Crippen molar-refractivity contribution in [1.82, 2.24) is 40.2 Å². The Morgan fingerprint density at radius 1 is 0.895 bits per heavy atom. The average Bonchev–Trinajstić information content (AvgIpc) is 3.70. The quantitative estimate of drug-likeness (QED) is 0.160. The first-order valence-electron chi connectivity index (χ1n) is 20.2. The zero-order valence-corrected chi connectivity index (χ0v) is 32.7. The number of ether oxygens (including phenoxy) is 2. The Morgan fingerprint density at radius 2 is 1.68 bits per heavy atom. The van der Waals surface area contributed by atoms with Gasteiger partial charge in [-0.05, 0) is 75.9 Å². The van der Waals surface area contributed by atoms with Gasteiger partial charge in [0.05, 0.1) is 35.6 Å². The topological polar surface area (TPSA) is 152 Å². The molecule has 6 heterocycles. The molecule has 0 spiro atoms. The predicted octanol–water partition coefficient (Wildman–Crippen LogP) is 3.69. The van der Waals surface area contributed by atoms with Crippen LogP contribution < -0.4 is 19.9 Å². The third kappa shape index (κ3) is 7.58. The molecule has 1 aliphatic carbocycles. The van der Waals surface area contributed by atoms with Gasteiger partial charge >= 0.3 is 0 Å². The van der Waals surface area contributed by atoms with Crippen LogP contribution in [-0.2, 0) is 9.53 Å². The average molecular weight is 775 g/mol. The van der Waals surface area contributed by atoms with E-state index in [1.165, 1.54) is 0 Å². The van der Waals surface area contributed by atoms with Gasteiger partial charge in [-0.1, -0.05) is 6.58 Å². The molecule has 9 rings (SSSR count). The molecule has 5 aliphatic rings. The number of fused-ring (bicyclic) bond motifs is 2. The van der Waals surface area contributed by atoms with Crippen LogP contribution in [0.15, 0.2) is 61.1 Å². The number of anilines is 2. The van der Waals surface area contributed by atoms with Gasteiger partial charge in [0, 0.05) is 87.8 Å². The van der Waals surface area contributed by atoms with Crippen molar-refractivity contribution < 1.29 is 23.9 Å². The number of aromatic amines is 1. The summed E-state index contributed by atoms with van der Waals surface area (Å²) in [5.41, 5.74) is 4.73. The van der Waals surface area contributed by atoms with Gasteiger partial charge < -0.3 is 24.6 Å². The minimum Gasteiger partial charge on any atom is -0.488 e. The van der Waals surface area contributed by atoms with Gasteiger partial charge in [0.2, 0.25) is 5.91 Å². The summed E-state index contributed by atoms with van der Waals surface area (Å²) in [5.74, 6) is 0.593. The number of piperazine rings is 2. The zero-order chi connectivity index (χ0) is 39.3. The van der Waals surface area contributed by atoms with E-state index in [2.05, 4.69) is 71.6 Å². The lowest BCUT2D eigenvalue weighted by molar-refractivity contribution is -0.125. The standard InChI is InChI=1S/C42H50N10O5/c1-27-4-9-36(39(53)45-27)52-40(54)31-7-5-29(22-32(31)41(52)55)50-14-12-48(13-15-50)18-20-56-21-19-49-16-17-51(25-28(49)2)37-24-35(43-26-44-37)38-33-23-30(57-42(3)10-11-42)6-8-34(33)46-47-38/h5-8,22-24,26,28,36H,1,4,9-21,25H2,2-3H3,(H,45,53)(H,46,47)/t28-,36?/m0/s1. The number of allylic oxidation sites excluding steroid dienone is 1. The van der Waals surface area contributed by atoms with Crippen LogP contribution in [0.4, 0.5) is 11.5 Å². The number of nitrogens with one attached hydrogen (secondary N) is 2. The molecule has 15 nitrogen and oxygen atoms in total. The molecule has 15 heteroatoms. The summed E-state index contributed by atoms with van der Waals surface area (Å²) in [5, 5.41) is 11.4. The summed E-state index contributed by atoms with van der Waals surface area (Å²) in [7, 11) is 0. The van der Waals surface area contributed by atoms with E-state index in [0.29, 0.717) is 48.9 Å². The molecule has 3 amide bonds. The second-order valence-corrected chi connectivity index (χ2v) is 16.2. The number of nitrogens with zero attached hydrogens (tertiary/aromatic N) is 8. The maximum absolute atomic E-state index is 13.3. The summed E-state index contributed by atoms with van der Waals surface area (Å²) < 4.78 is 12.3. The van der Waals surface area contributed by atoms with Crippen LogP contribution in [0.1, 0.15) is 60.2 Å². The van der Waals surface area contributed by atoms with E-state index in [4.69, 9.17) is 9.47 Å². The molecule has 2 aromatic heterocycles. The van der Waals surface area contributed by atoms with Crippen molar-refractivity contribution in [3.05, 3.63) is 72.2 Å². The number of rotatable bonds is 12. The Kier molecular flexibility index (Phi) is 9.91. The van der Waals surface area contributed by atoms with Crippen molar-refractivity contribution in [3.63, 3.8) is 0 Å². The van der Waals surface area contributed by atoms with Crippen molar-refractivity contribution in [1.29, 1.82) is 0 Å². The predicted molar refractivity (Wildman–Crippen MR) is 215 cm³/mol. The van der Waals surface area contributed by atoms with Crippen LogP contribution in [0.2, 0.25) is 0 Å². The van der Waals surface area contributed by atoms with Gasteiger partial charge in [-0.25, -0.2) is 9.97 Å². The molecule has 0 radical (unpaired) electrons. The lowest BCUT2D eigenvalue weighted by atomic mass is 10.0. The molecule has 2 aromatic carbocycles. The van der Waals surface area contributed by atoms with Crippen LogP contribution in [-0.4, -0.2) is 142 Å². The first kappa shape index (κ1) is 37.2. The fourth-order valence-corrected chi connectivity index (χ4v) is 8.44. The Hall–Kier alpha value is -5.38. The summed E-state index contributed by atoms with van der Waals surface area (Å²) in [6, 6.07) is 13.1. The van der Waals surface area contributed by atoms with E-state index in [9.17, 15) is 14.4 Å². The molecule has 0 bridgehead atoms. The second-order valence-electron chi connectivity index (χ2n) is 16.2. The molecule has 2 N–H and O–H groups in total. The number of imide groups is 1. The molecule has 4 aliphatic heterocycles. The van der Waals surface area contributed by atoms with E-state index in [-0.39, 0.29) is 11.5 Å². The number of carbonyl (C=O) groups excluding carboxylic acids is 3. The monoisotopic (exact) mass is 774 g/mol. The summed E-state index contributed by atoms with van der Waals surface area (Å²) in [6.45, 7) is 17.3. The van der Waals surface area contributed by atoms with E-state index in [1.54, 1.807) is 12.4 Å². The van der Waals surface area contributed by atoms with Crippen molar-refractivity contribution in [2.75, 3.05) is 81.9 Å². The highest BCUT2D eigenvalue weighted by Crippen LogP contribution is 2.41. The minimum atomic E-state index is -0.809. The number of benzene rings is 2. The highest BCUT2D eigenvalue weighted by Gasteiger charge is 2.44. The largest absolute Gasteiger partial charge is 0.488 e. The molecule has 1 unspecified atom stereocenters. The molecule has 1 saturated carbocycles. The van der Waals surface area contributed by atoms with Crippen LogP contribution in [0.5, 0.6) is 5.75 Å². The number of carbonyl (C=O) groups is 3. The van der Waals surface area contributed by atoms with Gasteiger partial charge in [0.15, 0.2) is 0 Å². The number of aromatic nitrogens is 4. The SMILES string of the molecule is C=C1CCC(N2C(=O)c3ccc(N4CCN(CCOCCN5CCN(c6cc(-c7n[nH]c8ccc(OC9(C)CC9)cc78)ncn6)C[C@@H]5C)CC4)cc3C2=O)C(=O)N1. The van der Waals surface area contributed by atoms with Crippen molar-refractivity contribution in [3.8, 4) is 17.1 Å². The lowest BCUT2D eigenvalue weighted by Gasteiger charge is -2.40. The molecule has 57 heavy (non-hydrogen) atoms. The highest BCUT2D eigenvalue weighted by atomic mass is 16.5. The molecule has 4 aromatic rings.